The Labute approximate surface area is 208 Å². The second-order valence-corrected chi connectivity index (χ2v) is 8.21. The number of likely N-dealkylation sites (tertiary alicyclic amines) is 1. The van der Waals surface area contributed by atoms with Crippen molar-refractivity contribution < 1.29 is 5.11 Å². The minimum atomic E-state index is -0.720. The van der Waals surface area contributed by atoms with Gasteiger partial charge in [-0.2, -0.15) is 0 Å². The molecule has 3 N–H and O–H groups in total. The van der Waals surface area contributed by atoms with E-state index in [4.69, 9.17) is 11.6 Å². The Morgan fingerprint density at radius 1 is 1.13 bits per heavy atom. The van der Waals surface area contributed by atoms with Crippen molar-refractivity contribution in [2.75, 3.05) is 26.2 Å². The Morgan fingerprint density at radius 2 is 1.77 bits per heavy atom. The topological polar surface area (TPSA) is 59.9 Å². The number of hydrogen-bond acceptors (Lipinski definition) is 3. The number of rotatable bonds is 7. The zero-order chi connectivity index (χ0) is 21.3. The quantitative estimate of drug-likeness (QED) is 0.261. The molecule has 5 nitrogen and oxygen atoms in total. The van der Waals surface area contributed by atoms with E-state index >= 15 is 0 Å². The third kappa shape index (κ3) is 7.63. The number of halogens is 2. The molecule has 2 unspecified atom stereocenters. The lowest BCUT2D eigenvalue weighted by Gasteiger charge is -2.37. The van der Waals surface area contributed by atoms with Crippen molar-refractivity contribution in [1.82, 2.24) is 15.5 Å². The van der Waals surface area contributed by atoms with Gasteiger partial charge in [0, 0.05) is 42.3 Å². The summed E-state index contributed by atoms with van der Waals surface area (Å²) in [7, 11) is 0. The molecule has 1 fully saturated rings. The lowest BCUT2D eigenvalue weighted by molar-refractivity contribution is 0.158. The summed E-state index contributed by atoms with van der Waals surface area (Å²) in [5, 5.41) is 17.9. The Balaban J connectivity index is 0.00000341. The van der Waals surface area contributed by atoms with E-state index in [0.717, 1.165) is 38.4 Å². The van der Waals surface area contributed by atoms with Crippen LogP contribution in [0.1, 0.15) is 50.0 Å². The van der Waals surface area contributed by atoms with Crippen LogP contribution in [-0.2, 0) is 0 Å². The van der Waals surface area contributed by atoms with Crippen LogP contribution in [0.4, 0.5) is 0 Å². The minimum Gasteiger partial charge on any atom is -0.386 e. The van der Waals surface area contributed by atoms with Gasteiger partial charge >= 0.3 is 0 Å². The SMILES string of the molecule is CCNC(=NCC(O)c1ccccc1Cl)NC1CCN(C(C)c2ccccc2)CC1.I. The molecule has 0 aromatic heterocycles. The smallest absolute Gasteiger partial charge is 0.191 e. The van der Waals surface area contributed by atoms with Gasteiger partial charge < -0.3 is 15.7 Å². The summed E-state index contributed by atoms with van der Waals surface area (Å²) in [6.07, 6.45) is 1.41. The van der Waals surface area contributed by atoms with Gasteiger partial charge in [-0.1, -0.05) is 60.1 Å². The van der Waals surface area contributed by atoms with Gasteiger partial charge in [0.05, 0.1) is 6.54 Å². The molecule has 31 heavy (non-hydrogen) atoms. The molecule has 3 rings (SSSR count). The fourth-order valence-corrected chi connectivity index (χ4v) is 4.17. The van der Waals surface area contributed by atoms with Crippen LogP contribution in [0.5, 0.6) is 0 Å². The summed E-state index contributed by atoms with van der Waals surface area (Å²) in [6.45, 7) is 7.47. The molecule has 0 saturated carbocycles. The van der Waals surface area contributed by atoms with Gasteiger partial charge in [-0.3, -0.25) is 9.89 Å². The number of aliphatic imine (C=N–C) groups is 1. The second kappa shape index (κ2) is 13.3. The number of nitrogens with zero attached hydrogens (tertiary/aromatic N) is 2. The first-order chi connectivity index (χ1) is 14.6. The van der Waals surface area contributed by atoms with Crippen molar-refractivity contribution in [3.63, 3.8) is 0 Å². The highest BCUT2D eigenvalue weighted by atomic mass is 127. The number of piperidine rings is 1. The molecular weight excluding hydrogens is 523 g/mol. The first kappa shape index (κ1) is 25.9. The average Bonchev–Trinajstić information content (AvgIpc) is 2.78. The molecule has 1 aliphatic heterocycles. The summed E-state index contributed by atoms with van der Waals surface area (Å²) in [6, 6.07) is 18.9. The van der Waals surface area contributed by atoms with Crippen molar-refractivity contribution >= 4 is 41.5 Å². The van der Waals surface area contributed by atoms with E-state index in [-0.39, 0.29) is 30.5 Å². The van der Waals surface area contributed by atoms with Crippen LogP contribution in [0.2, 0.25) is 5.02 Å². The summed E-state index contributed by atoms with van der Waals surface area (Å²) in [4.78, 5) is 7.14. The van der Waals surface area contributed by atoms with E-state index < -0.39 is 6.10 Å². The fourth-order valence-electron chi connectivity index (χ4n) is 3.91. The average molecular weight is 557 g/mol. The zero-order valence-corrected chi connectivity index (χ0v) is 21.4. The van der Waals surface area contributed by atoms with Crippen molar-refractivity contribution in [2.24, 2.45) is 4.99 Å². The van der Waals surface area contributed by atoms with Gasteiger partial charge in [0.1, 0.15) is 6.10 Å². The highest BCUT2D eigenvalue weighted by molar-refractivity contribution is 14.0. The van der Waals surface area contributed by atoms with Gasteiger partial charge in [-0.15, -0.1) is 24.0 Å². The van der Waals surface area contributed by atoms with Crippen LogP contribution in [-0.4, -0.2) is 48.2 Å². The third-order valence-corrected chi connectivity index (χ3v) is 6.08. The molecule has 0 amide bonds. The van der Waals surface area contributed by atoms with E-state index in [1.165, 1.54) is 5.56 Å². The van der Waals surface area contributed by atoms with Crippen molar-refractivity contribution in [1.29, 1.82) is 0 Å². The molecule has 170 valence electrons. The molecule has 0 aliphatic carbocycles. The number of aliphatic hydroxyl groups is 1. The predicted octanol–water partition coefficient (Wildman–Crippen LogP) is 4.77. The summed E-state index contributed by atoms with van der Waals surface area (Å²) in [5.41, 5.74) is 2.08. The molecule has 2 aromatic rings. The van der Waals surface area contributed by atoms with Gasteiger partial charge in [0.15, 0.2) is 5.96 Å². The van der Waals surface area contributed by atoms with Crippen LogP contribution in [0.3, 0.4) is 0 Å². The Hall–Kier alpha value is -1.35. The van der Waals surface area contributed by atoms with Crippen molar-refractivity contribution in [3.05, 3.63) is 70.7 Å². The van der Waals surface area contributed by atoms with E-state index in [0.29, 0.717) is 22.7 Å². The molecule has 1 saturated heterocycles. The van der Waals surface area contributed by atoms with E-state index in [9.17, 15) is 5.11 Å². The number of guanidine groups is 1. The standard InChI is InChI=1S/C24H33ClN4O.HI/c1-3-26-24(27-17-23(30)21-11-7-8-12-22(21)25)28-20-13-15-29(16-14-20)18(2)19-9-5-4-6-10-19;/h4-12,18,20,23,30H,3,13-17H2,1-2H3,(H2,26,27,28);1H. The summed E-state index contributed by atoms with van der Waals surface area (Å²) >= 11 is 6.19. The maximum atomic E-state index is 10.5. The number of benzene rings is 2. The Bertz CT molecular complexity index is 812. The first-order valence-electron chi connectivity index (χ1n) is 10.8. The van der Waals surface area contributed by atoms with E-state index in [2.05, 4.69) is 57.8 Å². The van der Waals surface area contributed by atoms with Crippen LogP contribution < -0.4 is 10.6 Å². The molecule has 0 bridgehead atoms. The monoisotopic (exact) mass is 556 g/mol. The van der Waals surface area contributed by atoms with Crippen LogP contribution in [0.25, 0.3) is 0 Å². The lowest BCUT2D eigenvalue weighted by atomic mass is 10.0. The molecular formula is C24H34ClIN4O. The van der Waals surface area contributed by atoms with Crippen molar-refractivity contribution in [2.45, 2.75) is 44.9 Å². The maximum absolute atomic E-state index is 10.5. The molecule has 2 aromatic carbocycles. The van der Waals surface area contributed by atoms with Crippen LogP contribution in [0, 0.1) is 0 Å². The molecule has 0 spiro atoms. The summed E-state index contributed by atoms with van der Waals surface area (Å²) in [5.74, 6) is 0.748. The lowest BCUT2D eigenvalue weighted by Crippen LogP contribution is -2.49. The van der Waals surface area contributed by atoms with Gasteiger partial charge in [-0.05, 0) is 38.3 Å². The predicted molar refractivity (Wildman–Crippen MR) is 140 cm³/mol. The fraction of sp³-hybridized carbons (Fsp3) is 0.458. The Kier molecular flexibility index (Phi) is 11.1. The first-order valence-corrected chi connectivity index (χ1v) is 11.2. The van der Waals surface area contributed by atoms with Crippen LogP contribution in [0.15, 0.2) is 59.6 Å². The molecule has 1 heterocycles. The number of nitrogens with one attached hydrogen (secondary N) is 2. The van der Waals surface area contributed by atoms with Gasteiger partial charge in [0.2, 0.25) is 0 Å². The summed E-state index contributed by atoms with van der Waals surface area (Å²) < 4.78 is 0. The largest absolute Gasteiger partial charge is 0.386 e. The molecule has 1 aliphatic rings. The van der Waals surface area contributed by atoms with Gasteiger partial charge in [-0.25, -0.2) is 0 Å². The highest BCUT2D eigenvalue weighted by Gasteiger charge is 2.24. The zero-order valence-electron chi connectivity index (χ0n) is 18.3. The molecule has 7 heteroatoms. The highest BCUT2D eigenvalue weighted by Crippen LogP contribution is 2.24. The minimum absolute atomic E-state index is 0. The maximum Gasteiger partial charge on any atom is 0.191 e. The second-order valence-electron chi connectivity index (χ2n) is 7.80. The molecule has 2 atom stereocenters. The number of aliphatic hydroxyl groups excluding tert-OH is 1. The van der Waals surface area contributed by atoms with Crippen molar-refractivity contribution in [3.8, 4) is 0 Å². The Morgan fingerprint density at radius 3 is 2.42 bits per heavy atom. The normalized spacial score (nSPS) is 17.5. The molecule has 0 radical (unpaired) electrons. The third-order valence-electron chi connectivity index (χ3n) is 5.73. The van der Waals surface area contributed by atoms with E-state index in [1.807, 2.05) is 25.1 Å². The number of hydrogen-bond donors (Lipinski definition) is 3. The van der Waals surface area contributed by atoms with Crippen LogP contribution >= 0.6 is 35.6 Å². The van der Waals surface area contributed by atoms with Gasteiger partial charge in [0.25, 0.3) is 0 Å². The van der Waals surface area contributed by atoms with E-state index in [1.54, 1.807) is 6.07 Å².